The van der Waals surface area contributed by atoms with Gasteiger partial charge < -0.3 is 5.32 Å². The Labute approximate surface area is 138 Å². The summed E-state index contributed by atoms with van der Waals surface area (Å²) in [5.41, 5.74) is 2.39. The molecule has 0 radical (unpaired) electrons. The van der Waals surface area contributed by atoms with Gasteiger partial charge in [-0.05, 0) is 62.3 Å². The molecule has 1 aromatic carbocycles. The second-order valence-corrected chi connectivity index (χ2v) is 7.93. The summed E-state index contributed by atoms with van der Waals surface area (Å²) in [5.74, 6) is -0.132. The SMILES string of the molecule is CCC(C)NC(=O)CCNS(=O)(=O)c1ccc2c(c1)CCCC2. The van der Waals surface area contributed by atoms with Crippen molar-refractivity contribution in [2.75, 3.05) is 6.54 Å². The Balaban J connectivity index is 1.93. The molecule has 2 N–H and O–H groups in total. The monoisotopic (exact) mass is 338 g/mol. The largest absolute Gasteiger partial charge is 0.354 e. The first-order valence-electron chi connectivity index (χ1n) is 8.33. The van der Waals surface area contributed by atoms with Gasteiger partial charge >= 0.3 is 0 Å². The molecule has 1 amide bonds. The molecule has 0 aromatic heterocycles. The maximum Gasteiger partial charge on any atom is 0.240 e. The lowest BCUT2D eigenvalue weighted by Gasteiger charge is -2.17. The summed E-state index contributed by atoms with van der Waals surface area (Å²) in [6.45, 7) is 4.03. The zero-order valence-electron chi connectivity index (χ0n) is 13.9. The van der Waals surface area contributed by atoms with Crippen molar-refractivity contribution in [2.45, 2.75) is 63.3 Å². The zero-order valence-corrected chi connectivity index (χ0v) is 14.7. The Morgan fingerprint density at radius 3 is 2.61 bits per heavy atom. The third-order valence-electron chi connectivity index (χ3n) is 4.29. The second-order valence-electron chi connectivity index (χ2n) is 6.16. The lowest BCUT2D eigenvalue weighted by atomic mass is 9.92. The number of hydrogen-bond acceptors (Lipinski definition) is 3. The molecule has 0 aliphatic heterocycles. The van der Waals surface area contributed by atoms with Crippen molar-refractivity contribution >= 4 is 15.9 Å². The molecule has 1 atom stereocenters. The first-order valence-corrected chi connectivity index (χ1v) is 9.81. The van der Waals surface area contributed by atoms with Crippen molar-refractivity contribution in [3.8, 4) is 0 Å². The molecule has 1 aliphatic carbocycles. The number of hydrogen-bond donors (Lipinski definition) is 2. The van der Waals surface area contributed by atoms with Gasteiger partial charge in [-0.2, -0.15) is 0 Å². The molecule has 6 heteroatoms. The predicted octanol–water partition coefficient (Wildman–Crippen LogP) is 2.15. The predicted molar refractivity (Wildman–Crippen MR) is 90.8 cm³/mol. The normalized spacial score (nSPS) is 15.7. The van der Waals surface area contributed by atoms with Gasteiger partial charge in [-0.1, -0.05) is 13.0 Å². The van der Waals surface area contributed by atoms with Crippen LogP contribution in [0.3, 0.4) is 0 Å². The third kappa shape index (κ3) is 5.04. The van der Waals surface area contributed by atoms with Gasteiger partial charge in [-0.15, -0.1) is 0 Å². The van der Waals surface area contributed by atoms with Crippen molar-refractivity contribution < 1.29 is 13.2 Å². The molecule has 0 saturated heterocycles. The van der Waals surface area contributed by atoms with Gasteiger partial charge in [0.2, 0.25) is 15.9 Å². The molecule has 0 bridgehead atoms. The van der Waals surface area contributed by atoms with E-state index in [0.717, 1.165) is 31.2 Å². The third-order valence-corrected chi connectivity index (χ3v) is 5.75. The van der Waals surface area contributed by atoms with Crippen LogP contribution in [-0.2, 0) is 27.7 Å². The minimum atomic E-state index is -3.55. The van der Waals surface area contributed by atoms with E-state index < -0.39 is 10.0 Å². The number of rotatable bonds is 7. The number of carbonyl (C=O) groups is 1. The quantitative estimate of drug-likeness (QED) is 0.800. The summed E-state index contributed by atoms with van der Waals surface area (Å²) in [4.78, 5) is 12.0. The number of fused-ring (bicyclic) bond motifs is 1. The van der Waals surface area contributed by atoms with Crippen LogP contribution in [0.25, 0.3) is 0 Å². The molecule has 1 aliphatic rings. The summed E-state index contributed by atoms with van der Waals surface area (Å²) >= 11 is 0. The molecule has 1 aromatic rings. The van der Waals surface area contributed by atoms with Gasteiger partial charge in [0, 0.05) is 19.0 Å². The van der Waals surface area contributed by atoms with Crippen molar-refractivity contribution in [3.63, 3.8) is 0 Å². The summed E-state index contributed by atoms with van der Waals surface area (Å²) in [6, 6.07) is 5.46. The van der Waals surface area contributed by atoms with Gasteiger partial charge in [-0.25, -0.2) is 13.1 Å². The zero-order chi connectivity index (χ0) is 16.9. The maximum atomic E-state index is 12.3. The molecule has 0 saturated carbocycles. The van der Waals surface area contributed by atoms with E-state index >= 15 is 0 Å². The average Bonchev–Trinajstić information content (AvgIpc) is 2.54. The number of sulfonamides is 1. The molecule has 5 nitrogen and oxygen atoms in total. The highest BCUT2D eigenvalue weighted by molar-refractivity contribution is 7.89. The van der Waals surface area contributed by atoms with Crippen molar-refractivity contribution in [1.82, 2.24) is 10.0 Å². The number of amides is 1. The first-order chi connectivity index (χ1) is 10.9. The molecule has 0 heterocycles. The van der Waals surface area contributed by atoms with E-state index in [1.165, 1.54) is 12.0 Å². The van der Waals surface area contributed by atoms with Crippen molar-refractivity contribution in [3.05, 3.63) is 29.3 Å². The summed E-state index contributed by atoms with van der Waals surface area (Å²) in [7, 11) is -3.55. The van der Waals surface area contributed by atoms with Crippen LogP contribution in [0.2, 0.25) is 0 Å². The molecule has 2 rings (SSSR count). The molecule has 0 spiro atoms. The van der Waals surface area contributed by atoms with E-state index in [0.29, 0.717) is 4.90 Å². The average molecular weight is 338 g/mol. The molecule has 0 fully saturated rings. The molecule has 1 unspecified atom stereocenters. The highest BCUT2D eigenvalue weighted by atomic mass is 32.2. The van der Waals surface area contributed by atoms with Crippen molar-refractivity contribution in [1.29, 1.82) is 0 Å². The van der Waals surface area contributed by atoms with E-state index in [1.54, 1.807) is 12.1 Å². The fraction of sp³-hybridized carbons (Fsp3) is 0.588. The maximum absolute atomic E-state index is 12.3. The number of carbonyl (C=O) groups excluding carboxylic acids is 1. The van der Waals surface area contributed by atoms with E-state index in [9.17, 15) is 13.2 Å². The van der Waals surface area contributed by atoms with E-state index in [-0.39, 0.29) is 24.9 Å². The van der Waals surface area contributed by atoms with Crippen LogP contribution < -0.4 is 10.0 Å². The Morgan fingerprint density at radius 1 is 1.22 bits per heavy atom. The Kier molecular flexibility index (Phi) is 6.18. The lowest BCUT2D eigenvalue weighted by Crippen LogP contribution is -2.35. The summed E-state index contributed by atoms with van der Waals surface area (Å²) in [6.07, 6.45) is 5.25. The smallest absolute Gasteiger partial charge is 0.240 e. The Morgan fingerprint density at radius 2 is 1.91 bits per heavy atom. The van der Waals surface area contributed by atoms with E-state index in [1.807, 2.05) is 19.9 Å². The van der Waals surface area contributed by atoms with Gasteiger partial charge in [0.15, 0.2) is 0 Å². The lowest BCUT2D eigenvalue weighted by molar-refractivity contribution is -0.121. The number of nitrogens with one attached hydrogen (secondary N) is 2. The van der Waals surface area contributed by atoms with Crippen LogP contribution in [0, 0.1) is 0 Å². The number of benzene rings is 1. The van der Waals surface area contributed by atoms with Crippen LogP contribution >= 0.6 is 0 Å². The molecular formula is C17H26N2O3S. The molecule has 128 valence electrons. The molecule has 23 heavy (non-hydrogen) atoms. The molecular weight excluding hydrogens is 312 g/mol. The highest BCUT2D eigenvalue weighted by Crippen LogP contribution is 2.23. The standard InChI is InChI=1S/C17H26N2O3S/c1-3-13(2)19-17(20)10-11-18-23(21,22)16-9-8-14-6-4-5-7-15(14)12-16/h8-9,12-13,18H,3-7,10-11H2,1-2H3,(H,19,20). The fourth-order valence-corrected chi connectivity index (χ4v) is 3.79. The van der Waals surface area contributed by atoms with Crippen LogP contribution in [-0.4, -0.2) is 26.9 Å². The highest BCUT2D eigenvalue weighted by Gasteiger charge is 2.18. The van der Waals surface area contributed by atoms with Crippen LogP contribution in [0.5, 0.6) is 0 Å². The summed E-state index contributed by atoms with van der Waals surface area (Å²) < 4.78 is 27.2. The number of aryl methyl sites for hydroxylation is 2. The van der Waals surface area contributed by atoms with Crippen LogP contribution in [0.15, 0.2) is 23.1 Å². The van der Waals surface area contributed by atoms with Gasteiger partial charge in [0.25, 0.3) is 0 Å². The Bertz CT molecular complexity index is 656. The van der Waals surface area contributed by atoms with E-state index in [2.05, 4.69) is 10.0 Å². The van der Waals surface area contributed by atoms with Gasteiger partial charge in [0.05, 0.1) is 4.90 Å². The Hall–Kier alpha value is -1.40. The van der Waals surface area contributed by atoms with E-state index in [4.69, 9.17) is 0 Å². The minimum Gasteiger partial charge on any atom is -0.354 e. The summed E-state index contributed by atoms with van der Waals surface area (Å²) in [5, 5.41) is 2.82. The van der Waals surface area contributed by atoms with Gasteiger partial charge in [0.1, 0.15) is 0 Å². The van der Waals surface area contributed by atoms with Crippen LogP contribution in [0.4, 0.5) is 0 Å². The van der Waals surface area contributed by atoms with Gasteiger partial charge in [-0.3, -0.25) is 4.79 Å². The minimum absolute atomic E-state index is 0.111. The van der Waals surface area contributed by atoms with Crippen molar-refractivity contribution in [2.24, 2.45) is 0 Å². The fourth-order valence-electron chi connectivity index (χ4n) is 2.71. The van der Waals surface area contributed by atoms with Crippen LogP contribution in [0.1, 0.15) is 50.7 Å². The first kappa shape index (κ1) is 17.9. The topological polar surface area (TPSA) is 75.3 Å². The second kappa shape index (κ2) is 7.93.